The van der Waals surface area contributed by atoms with Gasteiger partial charge in [0.15, 0.2) is 0 Å². The third kappa shape index (κ3) is 10.1. The number of unbranched alkanes of at least 4 members (excludes halogenated alkanes) is 4. The molecular formula is C23H26Cl4N2O2. The van der Waals surface area contributed by atoms with Crippen LogP contribution in [0.3, 0.4) is 0 Å². The number of hydrogen-bond acceptors (Lipinski definition) is 2. The van der Waals surface area contributed by atoms with Gasteiger partial charge in [-0.3, -0.25) is 9.59 Å². The van der Waals surface area contributed by atoms with Crippen molar-refractivity contribution >= 4 is 58.2 Å². The molecular weight excluding hydrogens is 478 g/mol. The Morgan fingerprint density at radius 1 is 0.613 bits per heavy atom. The first-order valence-electron chi connectivity index (χ1n) is 10.3. The molecule has 2 rings (SSSR count). The summed E-state index contributed by atoms with van der Waals surface area (Å²) in [6.45, 7) is 0.788. The first kappa shape index (κ1) is 25.8. The monoisotopic (exact) mass is 502 g/mol. The van der Waals surface area contributed by atoms with Crippen LogP contribution in [0.25, 0.3) is 0 Å². The van der Waals surface area contributed by atoms with Gasteiger partial charge in [0.25, 0.3) is 0 Å². The highest BCUT2D eigenvalue weighted by Crippen LogP contribution is 2.21. The molecule has 2 N–H and O–H groups in total. The zero-order valence-electron chi connectivity index (χ0n) is 17.2. The number of nitrogens with one attached hydrogen (secondary N) is 2. The van der Waals surface area contributed by atoms with Crippen LogP contribution in [-0.4, -0.2) is 11.8 Å². The lowest BCUT2D eigenvalue weighted by Gasteiger charge is -2.08. The van der Waals surface area contributed by atoms with Crippen molar-refractivity contribution < 1.29 is 9.59 Å². The largest absolute Gasteiger partial charge is 0.352 e. The average Bonchev–Trinajstić information content (AvgIpc) is 2.71. The molecule has 2 aromatic carbocycles. The Morgan fingerprint density at radius 2 is 1.00 bits per heavy atom. The van der Waals surface area contributed by atoms with E-state index in [1.54, 1.807) is 24.3 Å². The van der Waals surface area contributed by atoms with Crippen molar-refractivity contribution in [2.45, 2.75) is 58.0 Å². The van der Waals surface area contributed by atoms with Crippen molar-refractivity contribution in [3.8, 4) is 0 Å². The number of rotatable bonds is 12. The van der Waals surface area contributed by atoms with Crippen LogP contribution in [0.15, 0.2) is 36.4 Å². The maximum atomic E-state index is 12.0. The molecule has 0 heterocycles. The number of halogens is 4. The highest BCUT2D eigenvalue weighted by molar-refractivity contribution is 6.35. The molecule has 0 aliphatic carbocycles. The van der Waals surface area contributed by atoms with Crippen LogP contribution in [-0.2, 0) is 22.7 Å². The van der Waals surface area contributed by atoms with Gasteiger partial charge in [0.05, 0.1) is 0 Å². The lowest BCUT2D eigenvalue weighted by Crippen LogP contribution is -2.22. The number of carbonyl (C=O) groups is 2. The number of hydrogen-bond donors (Lipinski definition) is 2. The highest BCUT2D eigenvalue weighted by Gasteiger charge is 2.06. The molecule has 0 spiro atoms. The quantitative estimate of drug-likeness (QED) is 0.307. The molecule has 0 radical (unpaired) electrons. The Labute approximate surface area is 203 Å². The zero-order chi connectivity index (χ0) is 22.6. The standard InChI is InChI=1S/C23H26Cl4N2O2/c24-18-10-8-16(20(26)12-18)14-28-22(30)6-4-2-1-3-5-7-23(31)29-15-17-9-11-19(25)13-21(17)27/h8-13H,1-7,14-15H2,(H,28,30)(H,29,31). The minimum Gasteiger partial charge on any atom is -0.352 e. The van der Waals surface area contributed by atoms with Crippen molar-refractivity contribution in [3.05, 3.63) is 67.6 Å². The first-order valence-corrected chi connectivity index (χ1v) is 11.8. The molecule has 0 aliphatic rings. The fourth-order valence-corrected chi connectivity index (χ4v) is 3.95. The number of benzene rings is 2. The second-order valence-corrected chi connectivity index (χ2v) is 8.98. The fraction of sp³-hybridized carbons (Fsp3) is 0.391. The van der Waals surface area contributed by atoms with Gasteiger partial charge in [-0.1, -0.05) is 77.8 Å². The molecule has 0 aromatic heterocycles. The van der Waals surface area contributed by atoms with Gasteiger partial charge in [-0.25, -0.2) is 0 Å². The Balaban J connectivity index is 1.49. The second kappa shape index (κ2) is 13.8. The van der Waals surface area contributed by atoms with Gasteiger partial charge >= 0.3 is 0 Å². The van der Waals surface area contributed by atoms with Gasteiger partial charge in [-0.05, 0) is 48.2 Å². The van der Waals surface area contributed by atoms with Gasteiger partial charge in [-0.2, -0.15) is 0 Å². The highest BCUT2D eigenvalue weighted by atomic mass is 35.5. The van der Waals surface area contributed by atoms with Gasteiger partial charge in [0.2, 0.25) is 11.8 Å². The minimum atomic E-state index is 0.00579. The van der Waals surface area contributed by atoms with Crippen molar-refractivity contribution in [2.24, 2.45) is 0 Å². The van der Waals surface area contributed by atoms with Crippen molar-refractivity contribution in [1.29, 1.82) is 0 Å². The van der Waals surface area contributed by atoms with Crippen molar-refractivity contribution in [2.75, 3.05) is 0 Å². The SMILES string of the molecule is O=C(CCCCCCCC(=O)NCc1ccc(Cl)cc1Cl)NCc1ccc(Cl)cc1Cl. The average molecular weight is 504 g/mol. The Bertz CT molecular complexity index is 818. The first-order chi connectivity index (χ1) is 14.8. The van der Waals surface area contributed by atoms with Crippen LogP contribution in [0.5, 0.6) is 0 Å². The van der Waals surface area contributed by atoms with E-state index in [-0.39, 0.29) is 11.8 Å². The maximum Gasteiger partial charge on any atom is 0.220 e. The normalized spacial score (nSPS) is 10.7. The summed E-state index contributed by atoms with van der Waals surface area (Å²) in [6, 6.07) is 10.5. The van der Waals surface area contributed by atoms with E-state index in [1.165, 1.54) is 0 Å². The Kier molecular flexibility index (Phi) is 11.5. The summed E-state index contributed by atoms with van der Waals surface area (Å²) in [6.07, 6.45) is 5.50. The third-order valence-electron chi connectivity index (χ3n) is 4.79. The van der Waals surface area contributed by atoms with E-state index in [0.717, 1.165) is 43.2 Å². The van der Waals surface area contributed by atoms with E-state index in [9.17, 15) is 9.59 Å². The maximum absolute atomic E-state index is 12.0. The van der Waals surface area contributed by atoms with Gasteiger partial charge < -0.3 is 10.6 Å². The molecule has 0 fully saturated rings. The molecule has 0 aliphatic heterocycles. The van der Waals surface area contributed by atoms with Crippen LogP contribution >= 0.6 is 46.4 Å². The molecule has 2 amide bonds. The van der Waals surface area contributed by atoms with E-state index >= 15 is 0 Å². The molecule has 2 aromatic rings. The van der Waals surface area contributed by atoms with Gasteiger partial charge in [0.1, 0.15) is 0 Å². The Morgan fingerprint density at radius 3 is 1.39 bits per heavy atom. The van der Waals surface area contributed by atoms with Crippen LogP contribution < -0.4 is 10.6 Å². The second-order valence-electron chi connectivity index (χ2n) is 7.29. The van der Waals surface area contributed by atoms with Gasteiger partial charge in [-0.15, -0.1) is 0 Å². The zero-order valence-corrected chi connectivity index (χ0v) is 20.2. The van der Waals surface area contributed by atoms with E-state index in [4.69, 9.17) is 46.4 Å². The summed E-state index contributed by atoms with van der Waals surface area (Å²) in [5.41, 5.74) is 1.69. The van der Waals surface area contributed by atoms with Crippen LogP contribution in [0, 0.1) is 0 Å². The summed E-state index contributed by atoms with van der Waals surface area (Å²) in [5.74, 6) is 0.0116. The van der Waals surface area contributed by atoms with Gasteiger partial charge in [0, 0.05) is 46.0 Å². The fourth-order valence-electron chi connectivity index (χ4n) is 3.00. The van der Waals surface area contributed by atoms with Crippen LogP contribution in [0.1, 0.15) is 56.1 Å². The molecule has 8 heteroatoms. The van der Waals surface area contributed by atoms with Crippen molar-refractivity contribution in [3.63, 3.8) is 0 Å². The molecule has 31 heavy (non-hydrogen) atoms. The molecule has 168 valence electrons. The summed E-state index contributed by atoms with van der Waals surface area (Å²) >= 11 is 23.9. The molecule has 4 nitrogen and oxygen atoms in total. The number of carbonyl (C=O) groups excluding carboxylic acids is 2. The number of amides is 2. The molecule has 0 saturated carbocycles. The van der Waals surface area contributed by atoms with Crippen molar-refractivity contribution in [1.82, 2.24) is 10.6 Å². The molecule has 0 unspecified atom stereocenters. The predicted octanol–water partition coefficient (Wildman–Crippen LogP) is 6.96. The van der Waals surface area contributed by atoms with E-state index in [0.29, 0.717) is 46.0 Å². The lowest BCUT2D eigenvalue weighted by atomic mass is 10.1. The lowest BCUT2D eigenvalue weighted by molar-refractivity contribution is -0.122. The molecule has 0 bridgehead atoms. The van der Waals surface area contributed by atoms with E-state index in [2.05, 4.69) is 10.6 Å². The van der Waals surface area contributed by atoms with E-state index in [1.807, 2.05) is 12.1 Å². The summed E-state index contributed by atoms with van der Waals surface area (Å²) in [5, 5.41) is 7.99. The Hall–Kier alpha value is -1.46. The summed E-state index contributed by atoms with van der Waals surface area (Å²) < 4.78 is 0. The summed E-state index contributed by atoms with van der Waals surface area (Å²) in [4.78, 5) is 23.9. The minimum absolute atomic E-state index is 0.00579. The topological polar surface area (TPSA) is 58.2 Å². The van der Waals surface area contributed by atoms with Crippen LogP contribution in [0.4, 0.5) is 0 Å². The molecule has 0 saturated heterocycles. The van der Waals surface area contributed by atoms with E-state index < -0.39 is 0 Å². The molecule has 0 atom stereocenters. The van der Waals surface area contributed by atoms with Crippen LogP contribution in [0.2, 0.25) is 20.1 Å². The smallest absolute Gasteiger partial charge is 0.220 e. The predicted molar refractivity (Wildman–Crippen MR) is 129 cm³/mol. The summed E-state index contributed by atoms with van der Waals surface area (Å²) in [7, 11) is 0. The third-order valence-corrected chi connectivity index (χ3v) is 5.96.